The lowest BCUT2D eigenvalue weighted by atomic mass is 10.6. The van der Waals surface area contributed by atoms with Crippen molar-refractivity contribution in [2.75, 3.05) is 6.26 Å². The summed E-state index contributed by atoms with van der Waals surface area (Å²) in [6, 6.07) is 3.40. The van der Waals surface area contributed by atoms with Gasteiger partial charge in [-0.3, -0.25) is 4.21 Å². The van der Waals surface area contributed by atoms with Gasteiger partial charge in [0.1, 0.15) is 5.03 Å². The van der Waals surface area contributed by atoms with Crippen LogP contribution in [-0.2, 0) is 10.8 Å². The summed E-state index contributed by atoms with van der Waals surface area (Å²) in [4.78, 5) is 0. The molecule has 0 spiro atoms. The van der Waals surface area contributed by atoms with Crippen molar-refractivity contribution in [3.63, 3.8) is 0 Å². The van der Waals surface area contributed by atoms with E-state index in [-0.39, 0.29) is 0 Å². The van der Waals surface area contributed by atoms with Gasteiger partial charge in [0.05, 0.1) is 10.8 Å². The van der Waals surface area contributed by atoms with Crippen LogP contribution in [0.4, 0.5) is 0 Å². The van der Waals surface area contributed by atoms with Crippen LogP contribution in [0, 0.1) is 0 Å². The SMILES string of the molecule is CS(=O)c1cccnn1. The lowest BCUT2D eigenvalue weighted by Gasteiger charge is -1.88. The van der Waals surface area contributed by atoms with Gasteiger partial charge in [-0.15, -0.1) is 5.10 Å². The lowest BCUT2D eigenvalue weighted by molar-refractivity contribution is 0.682. The first-order valence-corrected chi connectivity index (χ1v) is 3.97. The molecule has 0 radical (unpaired) electrons. The maximum absolute atomic E-state index is 10.7. The summed E-state index contributed by atoms with van der Waals surface area (Å²) < 4.78 is 10.7. The molecule has 0 aliphatic rings. The van der Waals surface area contributed by atoms with Crippen molar-refractivity contribution in [3.05, 3.63) is 18.3 Å². The molecule has 1 aromatic heterocycles. The van der Waals surface area contributed by atoms with Crippen molar-refractivity contribution < 1.29 is 4.21 Å². The quantitative estimate of drug-likeness (QED) is 0.563. The van der Waals surface area contributed by atoms with E-state index in [9.17, 15) is 4.21 Å². The highest BCUT2D eigenvalue weighted by Crippen LogP contribution is 1.94. The molecule has 0 bridgehead atoms. The Morgan fingerprint density at radius 3 is 2.78 bits per heavy atom. The summed E-state index contributed by atoms with van der Waals surface area (Å²) in [6.45, 7) is 0. The van der Waals surface area contributed by atoms with E-state index in [2.05, 4.69) is 10.2 Å². The number of hydrogen-bond acceptors (Lipinski definition) is 3. The molecule has 3 nitrogen and oxygen atoms in total. The standard InChI is InChI=1S/C5H6N2OS/c1-9(8)5-3-2-4-6-7-5/h2-4H,1H3. The Hall–Kier alpha value is -0.770. The predicted octanol–water partition coefficient (Wildman–Crippen LogP) is 0.214. The Morgan fingerprint density at radius 1 is 1.67 bits per heavy atom. The third-order valence-corrected chi connectivity index (χ3v) is 1.65. The van der Waals surface area contributed by atoms with Gasteiger partial charge in [-0.25, -0.2) is 0 Å². The van der Waals surface area contributed by atoms with Crippen molar-refractivity contribution in [3.8, 4) is 0 Å². The molecular weight excluding hydrogens is 136 g/mol. The highest BCUT2D eigenvalue weighted by atomic mass is 32.2. The average molecular weight is 142 g/mol. The van der Waals surface area contributed by atoms with Gasteiger partial charge < -0.3 is 0 Å². The molecule has 0 aliphatic carbocycles. The average Bonchev–Trinajstić information content (AvgIpc) is 1.90. The topological polar surface area (TPSA) is 42.9 Å². The van der Waals surface area contributed by atoms with Crippen LogP contribution < -0.4 is 0 Å². The Balaban J connectivity index is 2.98. The summed E-state index contributed by atoms with van der Waals surface area (Å²) >= 11 is 0. The second-order valence-corrected chi connectivity index (χ2v) is 2.84. The molecule has 1 heterocycles. The van der Waals surface area contributed by atoms with E-state index in [1.54, 1.807) is 24.6 Å². The molecule has 0 amide bonds. The second kappa shape index (κ2) is 2.68. The third-order valence-electron chi connectivity index (χ3n) is 0.842. The molecule has 1 aromatic rings. The molecule has 9 heavy (non-hydrogen) atoms. The zero-order valence-electron chi connectivity index (χ0n) is 4.94. The summed E-state index contributed by atoms with van der Waals surface area (Å²) in [5, 5.41) is 7.72. The molecule has 1 unspecified atom stereocenters. The van der Waals surface area contributed by atoms with Gasteiger partial charge in [-0.2, -0.15) is 5.10 Å². The van der Waals surface area contributed by atoms with Crippen LogP contribution in [0.5, 0.6) is 0 Å². The van der Waals surface area contributed by atoms with E-state index in [1.807, 2.05) is 0 Å². The zero-order chi connectivity index (χ0) is 6.69. The molecule has 4 heteroatoms. The third kappa shape index (κ3) is 1.57. The summed E-state index contributed by atoms with van der Waals surface area (Å²) in [5.41, 5.74) is 0. The highest BCUT2D eigenvalue weighted by Gasteiger charge is 1.94. The van der Waals surface area contributed by atoms with Gasteiger partial charge in [0.25, 0.3) is 0 Å². The zero-order valence-corrected chi connectivity index (χ0v) is 5.76. The van der Waals surface area contributed by atoms with Crippen molar-refractivity contribution in [1.82, 2.24) is 10.2 Å². The number of hydrogen-bond donors (Lipinski definition) is 0. The van der Waals surface area contributed by atoms with Gasteiger partial charge in [0.2, 0.25) is 0 Å². The molecule has 1 atom stereocenters. The van der Waals surface area contributed by atoms with Crippen molar-refractivity contribution >= 4 is 10.8 Å². The van der Waals surface area contributed by atoms with Crippen LogP contribution in [0.25, 0.3) is 0 Å². The minimum Gasteiger partial charge on any atom is -0.253 e. The van der Waals surface area contributed by atoms with E-state index in [4.69, 9.17) is 0 Å². The van der Waals surface area contributed by atoms with Crippen LogP contribution in [-0.4, -0.2) is 20.7 Å². The Bertz CT molecular complexity index is 211. The van der Waals surface area contributed by atoms with Gasteiger partial charge in [-0.1, -0.05) is 0 Å². The molecular formula is C5H6N2OS. The largest absolute Gasteiger partial charge is 0.253 e. The fourth-order valence-electron chi connectivity index (χ4n) is 0.441. The van der Waals surface area contributed by atoms with Crippen LogP contribution >= 0.6 is 0 Å². The first-order chi connectivity index (χ1) is 4.30. The Labute approximate surface area is 55.6 Å². The second-order valence-electron chi connectivity index (χ2n) is 1.52. The molecule has 0 N–H and O–H groups in total. The molecule has 0 aromatic carbocycles. The van der Waals surface area contributed by atoms with E-state index >= 15 is 0 Å². The van der Waals surface area contributed by atoms with Crippen LogP contribution in [0.3, 0.4) is 0 Å². The minimum absolute atomic E-state index is 0.525. The van der Waals surface area contributed by atoms with Crippen molar-refractivity contribution in [2.45, 2.75) is 5.03 Å². The summed E-state index contributed by atoms with van der Waals surface area (Å²) in [7, 11) is -1.00. The molecule has 0 saturated heterocycles. The maximum atomic E-state index is 10.7. The summed E-state index contributed by atoms with van der Waals surface area (Å²) in [6.07, 6.45) is 3.13. The minimum atomic E-state index is -1.00. The first-order valence-electron chi connectivity index (χ1n) is 2.42. The van der Waals surface area contributed by atoms with E-state index < -0.39 is 10.8 Å². The smallest absolute Gasteiger partial charge is 0.149 e. The van der Waals surface area contributed by atoms with Crippen LogP contribution in [0.1, 0.15) is 0 Å². The van der Waals surface area contributed by atoms with E-state index in [0.717, 1.165) is 0 Å². The molecule has 0 fully saturated rings. The maximum Gasteiger partial charge on any atom is 0.149 e. The number of aromatic nitrogens is 2. The lowest BCUT2D eigenvalue weighted by Crippen LogP contribution is -1.92. The summed E-state index contributed by atoms with van der Waals surface area (Å²) in [5.74, 6) is 0. The van der Waals surface area contributed by atoms with Crippen molar-refractivity contribution in [2.24, 2.45) is 0 Å². The van der Waals surface area contributed by atoms with Crippen LogP contribution in [0.15, 0.2) is 23.4 Å². The van der Waals surface area contributed by atoms with Crippen LogP contribution in [0.2, 0.25) is 0 Å². The van der Waals surface area contributed by atoms with Gasteiger partial charge in [-0.05, 0) is 12.1 Å². The fraction of sp³-hybridized carbons (Fsp3) is 0.200. The van der Waals surface area contributed by atoms with E-state index in [0.29, 0.717) is 5.03 Å². The van der Waals surface area contributed by atoms with Gasteiger partial charge in [0, 0.05) is 12.5 Å². The fourth-order valence-corrected chi connectivity index (χ4v) is 0.873. The first kappa shape index (κ1) is 6.35. The molecule has 48 valence electrons. The monoisotopic (exact) mass is 142 g/mol. The molecule has 0 saturated carbocycles. The van der Waals surface area contributed by atoms with Gasteiger partial charge in [0.15, 0.2) is 0 Å². The van der Waals surface area contributed by atoms with Crippen molar-refractivity contribution in [1.29, 1.82) is 0 Å². The number of nitrogens with zero attached hydrogens (tertiary/aromatic N) is 2. The van der Waals surface area contributed by atoms with E-state index in [1.165, 1.54) is 0 Å². The number of rotatable bonds is 1. The molecule has 0 aliphatic heterocycles. The van der Waals surface area contributed by atoms with Gasteiger partial charge >= 0.3 is 0 Å². The highest BCUT2D eigenvalue weighted by molar-refractivity contribution is 7.84. The Kier molecular flexibility index (Phi) is 1.89. The molecule has 1 rings (SSSR count). The predicted molar refractivity (Wildman–Crippen MR) is 34.4 cm³/mol. The normalized spacial score (nSPS) is 13.0. The Morgan fingerprint density at radius 2 is 2.44 bits per heavy atom.